The second kappa shape index (κ2) is 6.41. The summed E-state index contributed by atoms with van der Waals surface area (Å²) in [4.78, 5) is 0. The minimum atomic E-state index is 0.959. The maximum atomic E-state index is 5.56. The van der Waals surface area contributed by atoms with E-state index in [0.29, 0.717) is 0 Å². The molecule has 0 unspecified atom stereocenters. The molecule has 0 spiro atoms. The molecule has 1 N–H and O–H groups in total. The molecule has 2 rings (SSSR count). The summed E-state index contributed by atoms with van der Waals surface area (Å²) in [7, 11) is 0. The van der Waals surface area contributed by atoms with Crippen LogP contribution in [0.5, 0.6) is 0 Å². The standard InChI is InChI=1S/C16H21NO/c1-3-9-17-11-13(4-2)10-14-12-18-16-8-6-5-7-15(14)16/h5-8,10,12,17H,3-4,9,11H2,1-2H3/b13-10+. The lowest BCUT2D eigenvalue weighted by Crippen LogP contribution is -2.17. The predicted molar refractivity (Wildman–Crippen MR) is 77.6 cm³/mol. The van der Waals surface area contributed by atoms with Crippen molar-refractivity contribution in [3.8, 4) is 0 Å². The predicted octanol–water partition coefficient (Wildman–Crippen LogP) is 4.23. The number of para-hydroxylation sites is 1. The van der Waals surface area contributed by atoms with E-state index in [9.17, 15) is 0 Å². The first kappa shape index (κ1) is 12.9. The van der Waals surface area contributed by atoms with Crippen LogP contribution in [-0.2, 0) is 0 Å². The van der Waals surface area contributed by atoms with Crippen LogP contribution in [0, 0.1) is 0 Å². The quantitative estimate of drug-likeness (QED) is 0.768. The van der Waals surface area contributed by atoms with Crippen LogP contribution in [0.4, 0.5) is 0 Å². The summed E-state index contributed by atoms with van der Waals surface area (Å²) in [5.74, 6) is 0. The third kappa shape index (κ3) is 3.02. The van der Waals surface area contributed by atoms with Crippen LogP contribution in [0.2, 0.25) is 0 Å². The van der Waals surface area contributed by atoms with Gasteiger partial charge in [0.05, 0.1) is 6.26 Å². The Morgan fingerprint density at radius 3 is 2.89 bits per heavy atom. The lowest BCUT2D eigenvalue weighted by Gasteiger charge is -2.05. The van der Waals surface area contributed by atoms with Gasteiger partial charge in [-0.2, -0.15) is 0 Å². The van der Waals surface area contributed by atoms with Crippen LogP contribution in [0.3, 0.4) is 0 Å². The van der Waals surface area contributed by atoms with E-state index >= 15 is 0 Å². The lowest BCUT2D eigenvalue weighted by atomic mass is 10.1. The summed E-state index contributed by atoms with van der Waals surface area (Å²) in [6, 6.07) is 8.17. The molecule has 0 saturated carbocycles. The Labute approximate surface area is 109 Å². The number of nitrogens with one attached hydrogen (secondary N) is 1. The Morgan fingerprint density at radius 1 is 1.28 bits per heavy atom. The van der Waals surface area contributed by atoms with Crippen molar-refractivity contribution in [1.29, 1.82) is 0 Å². The highest BCUT2D eigenvalue weighted by atomic mass is 16.3. The molecule has 96 valence electrons. The van der Waals surface area contributed by atoms with E-state index in [-0.39, 0.29) is 0 Å². The van der Waals surface area contributed by atoms with E-state index in [4.69, 9.17) is 4.42 Å². The number of fused-ring (bicyclic) bond motifs is 1. The summed E-state index contributed by atoms with van der Waals surface area (Å²) in [6.45, 7) is 6.42. The van der Waals surface area contributed by atoms with Crippen molar-refractivity contribution in [2.45, 2.75) is 26.7 Å². The maximum absolute atomic E-state index is 5.56. The average molecular weight is 243 g/mol. The molecule has 1 aromatic carbocycles. The Bertz CT molecular complexity index is 525. The Balaban J connectivity index is 2.19. The van der Waals surface area contributed by atoms with E-state index in [1.807, 2.05) is 18.4 Å². The molecule has 18 heavy (non-hydrogen) atoms. The number of hydrogen-bond acceptors (Lipinski definition) is 2. The van der Waals surface area contributed by atoms with Gasteiger partial charge in [-0.3, -0.25) is 0 Å². The number of benzene rings is 1. The average Bonchev–Trinajstić information content (AvgIpc) is 2.81. The summed E-state index contributed by atoms with van der Waals surface area (Å²) >= 11 is 0. The van der Waals surface area contributed by atoms with Gasteiger partial charge in [-0.1, -0.05) is 43.7 Å². The van der Waals surface area contributed by atoms with Gasteiger partial charge in [0.2, 0.25) is 0 Å². The molecule has 0 radical (unpaired) electrons. The van der Waals surface area contributed by atoms with Crippen molar-refractivity contribution in [3.05, 3.63) is 41.7 Å². The largest absolute Gasteiger partial charge is 0.464 e. The van der Waals surface area contributed by atoms with Crippen LogP contribution in [0.15, 0.2) is 40.5 Å². The van der Waals surface area contributed by atoms with E-state index in [1.165, 1.54) is 22.9 Å². The first-order valence-corrected chi connectivity index (χ1v) is 6.71. The number of hydrogen-bond donors (Lipinski definition) is 1. The molecule has 0 atom stereocenters. The van der Waals surface area contributed by atoms with E-state index < -0.39 is 0 Å². The molecule has 0 bridgehead atoms. The molecular formula is C16H21NO. The van der Waals surface area contributed by atoms with Gasteiger partial charge in [0.1, 0.15) is 5.58 Å². The van der Waals surface area contributed by atoms with E-state index in [0.717, 1.165) is 25.1 Å². The Morgan fingerprint density at radius 2 is 2.11 bits per heavy atom. The molecule has 2 aromatic rings. The smallest absolute Gasteiger partial charge is 0.134 e. The molecule has 0 aliphatic rings. The summed E-state index contributed by atoms with van der Waals surface area (Å²) in [5.41, 5.74) is 3.55. The molecule has 2 heteroatoms. The van der Waals surface area contributed by atoms with Crippen LogP contribution < -0.4 is 5.32 Å². The van der Waals surface area contributed by atoms with Gasteiger partial charge >= 0.3 is 0 Å². The zero-order chi connectivity index (χ0) is 12.8. The van der Waals surface area contributed by atoms with Crippen molar-refractivity contribution in [3.63, 3.8) is 0 Å². The third-order valence-electron chi connectivity index (χ3n) is 3.10. The second-order valence-electron chi connectivity index (χ2n) is 4.52. The topological polar surface area (TPSA) is 25.2 Å². The van der Waals surface area contributed by atoms with Crippen molar-refractivity contribution in [2.24, 2.45) is 0 Å². The minimum absolute atomic E-state index is 0.959. The number of furan rings is 1. The zero-order valence-corrected chi connectivity index (χ0v) is 11.2. The molecule has 2 nitrogen and oxygen atoms in total. The third-order valence-corrected chi connectivity index (χ3v) is 3.10. The molecule has 0 fully saturated rings. The van der Waals surface area contributed by atoms with Gasteiger partial charge in [-0.05, 0) is 25.5 Å². The van der Waals surface area contributed by atoms with Crippen LogP contribution in [0.1, 0.15) is 32.3 Å². The first-order chi connectivity index (χ1) is 8.85. The van der Waals surface area contributed by atoms with Gasteiger partial charge in [0, 0.05) is 17.5 Å². The summed E-state index contributed by atoms with van der Waals surface area (Å²) in [5, 5.41) is 4.64. The molecule has 0 aliphatic heterocycles. The van der Waals surface area contributed by atoms with Crippen LogP contribution in [0.25, 0.3) is 17.0 Å². The van der Waals surface area contributed by atoms with Crippen molar-refractivity contribution in [1.82, 2.24) is 5.32 Å². The molecule has 0 saturated heterocycles. The van der Waals surface area contributed by atoms with E-state index in [1.54, 1.807) is 0 Å². The van der Waals surface area contributed by atoms with Gasteiger partial charge in [0.15, 0.2) is 0 Å². The van der Waals surface area contributed by atoms with Gasteiger partial charge in [-0.25, -0.2) is 0 Å². The first-order valence-electron chi connectivity index (χ1n) is 6.71. The highest BCUT2D eigenvalue weighted by Gasteiger charge is 2.03. The minimum Gasteiger partial charge on any atom is -0.464 e. The van der Waals surface area contributed by atoms with Crippen molar-refractivity contribution >= 4 is 17.0 Å². The fraction of sp³-hybridized carbons (Fsp3) is 0.375. The Hall–Kier alpha value is -1.54. The van der Waals surface area contributed by atoms with Crippen molar-refractivity contribution < 1.29 is 4.42 Å². The Kier molecular flexibility index (Phi) is 4.59. The summed E-state index contributed by atoms with van der Waals surface area (Å²) in [6.07, 6.45) is 6.33. The normalized spacial score (nSPS) is 12.2. The van der Waals surface area contributed by atoms with Gasteiger partial charge in [0.25, 0.3) is 0 Å². The van der Waals surface area contributed by atoms with Gasteiger partial charge in [-0.15, -0.1) is 0 Å². The van der Waals surface area contributed by atoms with Crippen LogP contribution in [-0.4, -0.2) is 13.1 Å². The second-order valence-corrected chi connectivity index (χ2v) is 4.52. The maximum Gasteiger partial charge on any atom is 0.134 e. The lowest BCUT2D eigenvalue weighted by molar-refractivity contribution is 0.615. The molecule has 0 amide bonds. The fourth-order valence-corrected chi connectivity index (χ4v) is 2.03. The molecule has 0 aliphatic carbocycles. The highest BCUT2D eigenvalue weighted by Crippen LogP contribution is 2.23. The van der Waals surface area contributed by atoms with Crippen LogP contribution >= 0.6 is 0 Å². The van der Waals surface area contributed by atoms with E-state index in [2.05, 4.69) is 37.4 Å². The molecule has 1 heterocycles. The monoisotopic (exact) mass is 243 g/mol. The highest BCUT2D eigenvalue weighted by molar-refractivity contribution is 5.87. The summed E-state index contributed by atoms with van der Waals surface area (Å²) < 4.78 is 5.56. The number of rotatable bonds is 6. The SMILES string of the molecule is CCCNC/C(=C/c1coc2ccccc12)CC. The zero-order valence-electron chi connectivity index (χ0n) is 11.2. The molecule has 1 aromatic heterocycles. The fourth-order valence-electron chi connectivity index (χ4n) is 2.03. The molecular weight excluding hydrogens is 222 g/mol. The van der Waals surface area contributed by atoms with Gasteiger partial charge < -0.3 is 9.73 Å². The van der Waals surface area contributed by atoms with Crippen molar-refractivity contribution in [2.75, 3.05) is 13.1 Å².